The van der Waals surface area contributed by atoms with Gasteiger partial charge in [0, 0.05) is 23.4 Å². The zero-order valence-corrected chi connectivity index (χ0v) is 18.9. The van der Waals surface area contributed by atoms with Crippen molar-refractivity contribution < 1.29 is 14.3 Å². The molecule has 6 nitrogen and oxygen atoms in total. The summed E-state index contributed by atoms with van der Waals surface area (Å²) in [5.41, 5.74) is 3.96. The molecule has 1 atom stereocenters. The van der Waals surface area contributed by atoms with E-state index in [0.717, 1.165) is 30.6 Å². The number of carbonyl (C=O) groups excluding carboxylic acids is 1. The van der Waals surface area contributed by atoms with E-state index in [-0.39, 0.29) is 11.9 Å². The Hall–Kier alpha value is -4.19. The van der Waals surface area contributed by atoms with E-state index in [4.69, 9.17) is 9.47 Å². The van der Waals surface area contributed by atoms with Crippen molar-refractivity contribution in [1.29, 1.82) is 0 Å². The van der Waals surface area contributed by atoms with E-state index in [2.05, 4.69) is 33.5 Å². The van der Waals surface area contributed by atoms with Crippen LogP contribution in [0, 0.1) is 0 Å². The molecular formula is C28H25N3O3. The third-order valence-electron chi connectivity index (χ3n) is 5.99. The number of hydrogen-bond donors (Lipinski definition) is 1. The summed E-state index contributed by atoms with van der Waals surface area (Å²) in [5, 5.41) is 3.20. The third-order valence-corrected chi connectivity index (χ3v) is 5.99. The van der Waals surface area contributed by atoms with E-state index in [9.17, 15) is 4.79 Å². The summed E-state index contributed by atoms with van der Waals surface area (Å²) in [7, 11) is 1.62. The van der Waals surface area contributed by atoms with Gasteiger partial charge in [0.1, 0.15) is 11.5 Å². The standard InChI is InChI=1S/C28H25N3O3/c1-33-22-13-15-23(16-14-22)34-26-17-18-29-27(31-26)20-9-11-21(12-10-20)28(32)30-25-8-4-6-19-5-2-3-7-24(19)25/h2-3,5,7,9-18,25H,4,6,8H2,1H3,(H,30,32). The minimum Gasteiger partial charge on any atom is -0.497 e. The zero-order valence-electron chi connectivity index (χ0n) is 18.9. The summed E-state index contributed by atoms with van der Waals surface area (Å²) < 4.78 is 11.0. The monoisotopic (exact) mass is 451 g/mol. The number of ether oxygens (including phenoxy) is 2. The van der Waals surface area contributed by atoms with Gasteiger partial charge in [0.25, 0.3) is 5.91 Å². The Balaban J connectivity index is 1.28. The van der Waals surface area contributed by atoms with Crippen molar-refractivity contribution in [1.82, 2.24) is 15.3 Å². The number of nitrogens with one attached hydrogen (secondary N) is 1. The molecule has 1 aromatic heterocycles. The number of carbonyl (C=O) groups is 1. The van der Waals surface area contributed by atoms with Crippen molar-refractivity contribution in [2.75, 3.05) is 7.11 Å². The van der Waals surface area contributed by atoms with Crippen molar-refractivity contribution >= 4 is 5.91 Å². The summed E-state index contributed by atoms with van der Waals surface area (Å²) in [6, 6.07) is 24.7. The molecule has 1 unspecified atom stereocenters. The number of methoxy groups -OCH3 is 1. The van der Waals surface area contributed by atoms with Crippen LogP contribution >= 0.6 is 0 Å². The number of rotatable bonds is 6. The number of hydrogen-bond acceptors (Lipinski definition) is 5. The second-order valence-electron chi connectivity index (χ2n) is 8.19. The highest BCUT2D eigenvalue weighted by molar-refractivity contribution is 5.94. The van der Waals surface area contributed by atoms with Crippen molar-refractivity contribution in [2.45, 2.75) is 25.3 Å². The second kappa shape index (κ2) is 9.75. The van der Waals surface area contributed by atoms with Gasteiger partial charge in [0.15, 0.2) is 5.82 Å². The molecule has 0 spiro atoms. The fourth-order valence-corrected chi connectivity index (χ4v) is 4.22. The summed E-state index contributed by atoms with van der Waals surface area (Å²) in [6.07, 6.45) is 4.75. The van der Waals surface area contributed by atoms with Crippen LogP contribution in [0.1, 0.15) is 40.4 Å². The first kappa shape index (κ1) is 21.6. The van der Waals surface area contributed by atoms with E-state index >= 15 is 0 Å². The van der Waals surface area contributed by atoms with Crippen molar-refractivity contribution in [3.8, 4) is 28.8 Å². The number of amides is 1. The van der Waals surface area contributed by atoms with Crippen LogP contribution in [0.2, 0.25) is 0 Å². The Kier molecular flexibility index (Phi) is 6.21. The Labute approximate surface area is 198 Å². The van der Waals surface area contributed by atoms with Crippen molar-refractivity contribution in [2.24, 2.45) is 0 Å². The summed E-state index contributed by atoms with van der Waals surface area (Å²) in [6.45, 7) is 0. The van der Waals surface area contributed by atoms with E-state index in [0.29, 0.717) is 23.0 Å². The van der Waals surface area contributed by atoms with Gasteiger partial charge in [-0.05, 0) is 66.8 Å². The minimum atomic E-state index is -0.0780. The Morgan fingerprint density at radius 2 is 1.71 bits per heavy atom. The molecule has 0 radical (unpaired) electrons. The molecule has 34 heavy (non-hydrogen) atoms. The van der Waals surface area contributed by atoms with Crippen LogP contribution in [-0.2, 0) is 6.42 Å². The van der Waals surface area contributed by atoms with Gasteiger partial charge in [-0.1, -0.05) is 36.4 Å². The topological polar surface area (TPSA) is 73.3 Å². The molecule has 5 rings (SSSR count). The van der Waals surface area contributed by atoms with Crippen LogP contribution in [0.15, 0.2) is 85.1 Å². The highest BCUT2D eigenvalue weighted by Crippen LogP contribution is 2.30. The van der Waals surface area contributed by atoms with Gasteiger partial charge in [-0.2, -0.15) is 4.98 Å². The van der Waals surface area contributed by atoms with Crippen molar-refractivity contribution in [3.63, 3.8) is 0 Å². The molecule has 0 aliphatic heterocycles. The lowest BCUT2D eigenvalue weighted by atomic mass is 9.87. The van der Waals surface area contributed by atoms with Crippen LogP contribution in [-0.4, -0.2) is 23.0 Å². The third kappa shape index (κ3) is 4.76. The lowest BCUT2D eigenvalue weighted by Gasteiger charge is -2.26. The molecular weight excluding hydrogens is 426 g/mol. The Bertz CT molecular complexity index is 1290. The number of nitrogens with zero attached hydrogens (tertiary/aromatic N) is 2. The highest BCUT2D eigenvalue weighted by atomic mass is 16.5. The van der Waals surface area contributed by atoms with Gasteiger partial charge in [-0.3, -0.25) is 4.79 Å². The largest absolute Gasteiger partial charge is 0.497 e. The number of fused-ring (bicyclic) bond motifs is 1. The molecule has 4 aromatic rings. The quantitative estimate of drug-likeness (QED) is 0.404. The molecule has 6 heteroatoms. The van der Waals surface area contributed by atoms with Gasteiger partial charge in [-0.15, -0.1) is 0 Å². The first-order chi connectivity index (χ1) is 16.7. The molecule has 3 aromatic carbocycles. The van der Waals surface area contributed by atoms with Gasteiger partial charge in [0.05, 0.1) is 13.2 Å². The average molecular weight is 452 g/mol. The first-order valence-corrected chi connectivity index (χ1v) is 11.3. The lowest BCUT2D eigenvalue weighted by Crippen LogP contribution is -2.30. The van der Waals surface area contributed by atoms with Crippen LogP contribution in [0.3, 0.4) is 0 Å². The van der Waals surface area contributed by atoms with E-state index < -0.39 is 0 Å². The van der Waals surface area contributed by atoms with Crippen LogP contribution in [0.5, 0.6) is 17.4 Å². The fraction of sp³-hybridized carbons (Fsp3) is 0.179. The Morgan fingerprint density at radius 1 is 0.941 bits per heavy atom. The molecule has 0 saturated carbocycles. The summed E-state index contributed by atoms with van der Waals surface area (Å²) in [4.78, 5) is 21.8. The van der Waals surface area contributed by atoms with Crippen molar-refractivity contribution in [3.05, 3.63) is 102 Å². The number of benzene rings is 3. The lowest BCUT2D eigenvalue weighted by molar-refractivity contribution is 0.0932. The van der Waals surface area contributed by atoms with Crippen LogP contribution in [0.4, 0.5) is 0 Å². The average Bonchev–Trinajstić information content (AvgIpc) is 2.89. The SMILES string of the molecule is COc1ccc(Oc2ccnc(-c3ccc(C(=O)NC4CCCc5ccccc54)cc3)n2)cc1. The summed E-state index contributed by atoms with van der Waals surface area (Å²) >= 11 is 0. The minimum absolute atomic E-state index is 0.0484. The normalized spacial score (nSPS) is 14.7. The van der Waals surface area contributed by atoms with E-state index in [1.807, 2.05) is 42.5 Å². The molecule has 1 aliphatic rings. The van der Waals surface area contributed by atoms with Gasteiger partial charge >= 0.3 is 0 Å². The molecule has 1 N–H and O–H groups in total. The van der Waals surface area contributed by atoms with Gasteiger partial charge in [0.2, 0.25) is 5.88 Å². The maximum absolute atomic E-state index is 12.9. The Morgan fingerprint density at radius 3 is 2.50 bits per heavy atom. The maximum atomic E-state index is 12.9. The maximum Gasteiger partial charge on any atom is 0.251 e. The molecule has 1 amide bonds. The molecule has 0 fully saturated rings. The highest BCUT2D eigenvalue weighted by Gasteiger charge is 2.22. The zero-order chi connectivity index (χ0) is 23.3. The molecule has 170 valence electrons. The molecule has 0 bridgehead atoms. The van der Waals surface area contributed by atoms with Gasteiger partial charge < -0.3 is 14.8 Å². The van der Waals surface area contributed by atoms with E-state index in [1.54, 1.807) is 31.5 Å². The van der Waals surface area contributed by atoms with E-state index in [1.165, 1.54) is 11.1 Å². The van der Waals surface area contributed by atoms with Crippen LogP contribution < -0.4 is 14.8 Å². The second-order valence-corrected chi connectivity index (χ2v) is 8.19. The van der Waals surface area contributed by atoms with Crippen LogP contribution in [0.25, 0.3) is 11.4 Å². The smallest absolute Gasteiger partial charge is 0.251 e. The number of aryl methyl sites for hydroxylation is 1. The predicted molar refractivity (Wildman–Crippen MR) is 130 cm³/mol. The predicted octanol–water partition coefficient (Wildman–Crippen LogP) is 5.75. The molecule has 0 saturated heterocycles. The summed E-state index contributed by atoms with van der Waals surface area (Å²) in [5.74, 6) is 2.30. The first-order valence-electron chi connectivity index (χ1n) is 11.3. The molecule has 1 heterocycles. The van der Waals surface area contributed by atoms with Gasteiger partial charge in [-0.25, -0.2) is 4.98 Å². The number of aromatic nitrogens is 2. The fourth-order valence-electron chi connectivity index (χ4n) is 4.22. The molecule has 1 aliphatic carbocycles.